The second-order valence-corrected chi connectivity index (χ2v) is 8.53. The van der Waals surface area contributed by atoms with E-state index in [0.717, 1.165) is 53.7 Å². The highest BCUT2D eigenvalue weighted by atomic mass is 19.1. The lowest BCUT2D eigenvalue weighted by atomic mass is 9.99. The largest absolute Gasteiger partial charge is 0.347 e. The monoisotopic (exact) mass is 427 g/mol. The van der Waals surface area contributed by atoms with Crippen LogP contribution in [0, 0.1) is 5.82 Å². The normalized spacial score (nSPS) is 16.5. The summed E-state index contributed by atoms with van der Waals surface area (Å²) in [5.41, 5.74) is 5.20. The molecular weight excluding hydrogens is 401 g/mol. The van der Waals surface area contributed by atoms with Crippen molar-refractivity contribution in [3.63, 3.8) is 0 Å². The van der Waals surface area contributed by atoms with Gasteiger partial charge in [-0.05, 0) is 60.8 Å². The Morgan fingerprint density at radius 3 is 2.72 bits per heavy atom. The molecule has 5 nitrogen and oxygen atoms in total. The number of nitrogens with zero attached hydrogens (tertiary/aromatic N) is 5. The van der Waals surface area contributed by atoms with Crippen LogP contribution in [0.1, 0.15) is 30.1 Å². The smallest absolute Gasteiger partial charge is 0.225 e. The second-order valence-electron chi connectivity index (χ2n) is 8.53. The van der Waals surface area contributed by atoms with Crippen molar-refractivity contribution in [2.75, 3.05) is 25.5 Å². The Morgan fingerprint density at radius 2 is 1.91 bits per heavy atom. The van der Waals surface area contributed by atoms with Gasteiger partial charge in [0.15, 0.2) is 0 Å². The number of halogens is 1. The molecule has 0 N–H and O–H groups in total. The van der Waals surface area contributed by atoms with Crippen LogP contribution in [-0.2, 0) is 6.54 Å². The Bertz CT molecular complexity index is 1240. The molecule has 162 valence electrons. The minimum absolute atomic E-state index is 0.182. The quantitative estimate of drug-likeness (QED) is 0.436. The molecule has 1 atom stereocenters. The zero-order valence-electron chi connectivity index (χ0n) is 18.4. The fourth-order valence-electron chi connectivity index (χ4n) is 4.49. The standard InChI is InChI=1S/C26H26FN5/c1-31(2)26-29-16-22(19-8-10-21(27)11-9-19)25(30-26)24-6-4-14-32(24)17-18-7-12-23-20(15-18)5-3-13-28-23/h3,5,7-13,15-16,24H,4,6,14,17H2,1-2H3/t24-/m0/s1. The van der Waals surface area contributed by atoms with E-state index in [4.69, 9.17) is 4.98 Å². The van der Waals surface area contributed by atoms with Crippen molar-refractivity contribution >= 4 is 16.9 Å². The molecule has 32 heavy (non-hydrogen) atoms. The van der Waals surface area contributed by atoms with Gasteiger partial charge in [0.05, 0.1) is 17.3 Å². The van der Waals surface area contributed by atoms with E-state index < -0.39 is 0 Å². The van der Waals surface area contributed by atoms with E-state index in [0.29, 0.717) is 5.95 Å². The van der Waals surface area contributed by atoms with Crippen molar-refractivity contribution in [1.29, 1.82) is 0 Å². The predicted molar refractivity (Wildman–Crippen MR) is 126 cm³/mol. The first-order valence-corrected chi connectivity index (χ1v) is 11.0. The zero-order chi connectivity index (χ0) is 22.1. The first kappa shape index (κ1) is 20.5. The van der Waals surface area contributed by atoms with E-state index >= 15 is 0 Å². The van der Waals surface area contributed by atoms with E-state index in [2.05, 4.69) is 39.1 Å². The molecule has 0 amide bonds. The van der Waals surface area contributed by atoms with Gasteiger partial charge < -0.3 is 4.90 Å². The maximum Gasteiger partial charge on any atom is 0.225 e. The number of hydrogen-bond donors (Lipinski definition) is 0. The maximum absolute atomic E-state index is 13.5. The van der Waals surface area contributed by atoms with Crippen LogP contribution in [0.2, 0.25) is 0 Å². The highest BCUT2D eigenvalue weighted by molar-refractivity contribution is 5.78. The molecule has 4 aromatic rings. The maximum atomic E-state index is 13.5. The molecule has 0 bridgehead atoms. The van der Waals surface area contributed by atoms with Crippen molar-refractivity contribution in [3.05, 3.63) is 84.1 Å². The van der Waals surface area contributed by atoms with Crippen LogP contribution in [0.3, 0.4) is 0 Å². The summed E-state index contributed by atoms with van der Waals surface area (Å²) < 4.78 is 13.5. The van der Waals surface area contributed by atoms with Crippen molar-refractivity contribution in [3.8, 4) is 11.1 Å². The number of rotatable bonds is 5. The SMILES string of the molecule is CN(C)c1ncc(-c2ccc(F)cc2)c([C@@H]2CCCN2Cc2ccc3ncccc3c2)n1. The van der Waals surface area contributed by atoms with Crippen molar-refractivity contribution in [2.45, 2.75) is 25.4 Å². The summed E-state index contributed by atoms with van der Waals surface area (Å²) in [6.07, 6.45) is 5.85. The fourth-order valence-corrected chi connectivity index (χ4v) is 4.49. The molecule has 3 heterocycles. The molecule has 0 unspecified atom stereocenters. The van der Waals surface area contributed by atoms with Crippen molar-refractivity contribution < 1.29 is 4.39 Å². The number of pyridine rings is 1. The van der Waals surface area contributed by atoms with Crippen LogP contribution in [0.15, 0.2) is 67.0 Å². The Kier molecular flexibility index (Phi) is 5.53. The molecular formula is C26H26FN5. The molecule has 2 aromatic carbocycles. The van der Waals surface area contributed by atoms with Gasteiger partial charge in [0.2, 0.25) is 5.95 Å². The van der Waals surface area contributed by atoms with Gasteiger partial charge in [-0.3, -0.25) is 9.88 Å². The highest BCUT2D eigenvalue weighted by Crippen LogP contribution is 2.38. The molecule has 0 radical (unpaired) electrons. The summed E-state index contributed by atoms with van der Waals surface area (Å²) in [5.74, 6) is 0.448. The van der Waals surface area contributed by atoms with Crippen LogP contribution in [0.4, 0.5) is 10.3 Å². The van der Waals surface area contributed by atoms with Gasteiger partial charge in [-0.1, -0.05) is 24.3 Å². The van der Waals surface area contributed by atoms with E-state index in [1.54, 1.807) is 0 Å². The van der Waals surface area contributed by atoms with E-state index in [-0.39, 0.29) is 11.9 Å². The van der Waals surface area contributed by atoms with Crippen LogP contribution in [-0.4, -0.2) is 40.5 Å². The molecule has 2 aromatic heterocycles. The average molecular weight is 428 g/mol. The third kappa shape index (κ3) is 4.06. The summed E-state index contributed by atoms with van der Waals surface area (Å²) >= 11 is 0. The van der Waals surface area contributed by atoms with E-state index in [1.807, 2.05) is 49.6 Å². The minimum Gasteiger partial charge on any atom is -0.347 e. The van der Waals surface area contributed by atoms with Crippen molar-refractivity contribution in [1.82, 2.24) is 19.9 Å². The van der Waals surface area contributed by atoms with Crippen molar-refractivity contribution in [2.24, 2.45) is 0 Å². The third-order valence-electron chi connectivity index (χ3n) is 6.09. The lowest BCUT2D eigenvalue weighted by Crippen LogP contribution is -2.25. The average Bonchev–Trinajstić information content (AvgIpc) is 3.27. The van der Waals surface area contributed by atoms with E-state index in [9.17, 15) is 4.39 Å². The fraction of sp³-hybridized carbons (Fsp3) is 0.269. The first-order valence-electron chi connectivity index (χ1n) is 11.0. The van der Waals surface area contributed by atoms with Crippen LogP contribution >= 0.6 is 0 Å². The molecule has 1 aliphatic heterocycles. The minimum atomic E-state index is -0.241. The van der Waals surface area contributed by atoms with Gasteiger partial charge in [-0.15, -0.1) is 0 Å². The Morgan fingerprint density at radius 1 is 1.06 bits per heavy atom. The van der Waals surface area contributed by atoms with E-state index in [1.165, 1.54) is 17.7 Å². The highest BCUT2D eigenvalue weighted by Gasteiger charge is 2.30. The van der Waals surface area contributed by atoms with Gasteiger partial charge in [-0.2, -0.15) is 0 Å². The molecule has 0 saturated carbocycles. The molecule has 1 saturated heterocycles. The number of aromatic nitrogens is 3. The van der Waals surface area contributed by atoms with Gasteiger partial charge in [0.25, 0.3) is 0 Å². The summed E-state index contributed by atoms with van der Waals surface area (Å²) in [5, 5.41) is 1.16. The number of anilines is 1. The number of fused-ring (bicyclic) bond motifs is 1. The Hall–Kier alpha value is -3.38. The second kappa shape index (κ2) is 8.63. The van der Waals surface area contributed by atoms with Crippen LogP contribution < -0.4 is 4.90 Å². The van der Waals surface area contributed by atoms with Gasteiger partial charge in [-0.25, -0.2) is 14.4 Å². The molecule has 1 fully saturated rings. The molecule has 5 rings (SSSR count). The third-order valence-corrected chi connectivity index (χ3v) is 6.09. The molecule has 0 aliphatic carbocycles. The number of benzene rings is 2. The summed E-state index contributed by atoms with van der Waals surface area (Å²) in [7, 11) is 3.90. The summed E-state index contributed by atoms with van der Waals surface area (Å²) in [4.78, 5) is 18.4. The summed E-state index contributed by atoms with van der Waals surface area (Å²) in [6, 6.07) is 17.3. The number of likely N-dealkylation sites (tertiary alicyclic amines) is 1. The zero-order valence-corrected chi connectivity index (χ0v) is 18.4. The summed E-state index contributed by atoms with van der Waals surface area (Å²) in [6.45, 7) is 1.86. The van der Waals surface area contributed by atoms with Gasteiger partial charge in [0, 0.05) is 44.0 Å². The number of hydrogen-bond acceptors (Lipinski definition) is 5. The Balaban J connectivity index is 1.51. The molecule has 1 aliphatic rings. The lowest BCUT2D eigenvalue weighted by molar-refractivity contribution is 0.245. The Labute approximate surface area is 187 Å². The lowest BCUT2D eigenvalue weighted by Gasteiger charge is -2.27. The van der Waals surface area contributed by atoms with Crippen LogP contribution in [0.5, 0.6) is 0 Å². The van der Waals surface area contributed by atoms with Gasteiger partial charge >= 0.3 is 0 Å². The topological polar surface area (TPSA) is 45.2 Å². The first-order chi connectivity index (χ1) is 15.6. The van der Waals surface area contributed by atoms with Gasteiger partial charge in [0.1, 0.15) is 5.82 Å². The predicted octanol–water partition coefficient (Wildman–Crippen LogP) is 5.23. The van der Waals surface area contributed by atoms with Crippen LogP contribution in [0.25, 0.3) is 22.0 Å². The molecule has 6 heteroatoms. The molecule has 0 spiro atoms.